The van der Waals surface area contributed by atoms with E-state index in [4.69, 9.17) is 29.9 Å². The zero-order valence-electron chi connectivity index (χ0n) is 42.8. The number of aromatic nitrogens is 8. The summed E-state index contributed by atoms with van der Waals surface area (Å²) < 4.78 is 0. The number of hydrogen-bond acceptors (Lipinski definition) is 8. The summed E-state index contributed by atoms with van der Waals surface area (Å²) in [5.41, 5.74) is 23.9. The third-order valence-electron chi connectivity index (χ3n) is 15.8. The summed E-state index contributed by atoms with van der Waals surface area (Å²) in [4.78, 5) is 38.6. The lowest BCUT2D eigenvalue weighted by Crippen LogP contribution is -1.97. The summed E-state index contributed by atoms with van der Waals surface area (Å²) in [7, 11) is 0. The van der Waals surface area contributed by atoms with E-state index in [1.807, 2.05) is 79.1 Å². The van der Waals surface area contributed by atoms with Crippen LogP contribution in [0.2, 0.25) is 0 Å². The summed E-state index contributed by atoms with van der Waals surface area (Å²) >= 11 is 0. The van der Waals surface area contributed by atoms with Gasteiger partial charge in [-0.05, 0) is 160 Å². The molecule has 4 heterocycles. The van der Waals surface area contributed by atoms with Gasteiger partial charge in [0.1, 0.15) is 12.7 Å². The Morgan fingerprint density at radius 3 is 1.36 bits per heavy atom. The summed E-state index contributed by atoms with van der Waals surface area (Å²) in [5.74, 6) is 2.40. The van der Waals surface area contributed by atoms with Crippen molar-refractivity contribution in [2.45, 2.75) is 0 Å². The van der Waals surface area contributed by atoms with Crippen LogP contribution in [0.4, 0.5) is 0 Å². The van der Waals surface area contributed by atoms with Crippen molar-refractivity contribution in [1.82, 2.24) is 39.9 Å². The first-order valence-electron chi connectivity index (χ1n) is 26.7. The molecule has 0 saturated carbocycles. The van der Waals surface area contributed by atoms with Crippen LogP contribution in [0.25, 0.3) is 167 Å². The second kappa shape index (κ2) is 18.4. The molecule has 0 spiro atoms. The first-order valence-corrected chi connectivity index (χ1v) is 26.7. The average molecular weight is 1020 g/mol. The van der Waals surface area contributed by atoms with Gasteiger partial charge in [-0.15, -0.1) is 0 Å². The third-order valence-corrected chi connectivity index (χ3v) is 15.8. The third kappa shape index (κ3) is 7.53. The second-order valence-electron chi connectivity index (χ2n) is 20.3. The van der Waals surface area contributed by atoms with Crippen LogP contribution in [0.15, 0.2) is 256 Å². The number of benzene rings is 10. The maximum absolute atomic E-state index is 5.04. The van der Waals surface area contributed by atoms with E-state index < -0.39 is 0 Å². The molecule has 14 aromatic rings. The summed E-state index contributed by atoms with van der Waals surface area (Å²) in [6.07, 6.45) is 7.04. The molecule has 0 radical (unpaired) electrons. The lowest BCUT2D eigenvalue weighted by atomic mass is 9.93. The van der Waals surface area contributed by atoms with E-state index in [2.05, 4.69) is 174 Å². The molecule has 0 bridgehead atoms. The van der Waals surface area contributed by atoms with Crippen molar-refractivity contribution < 1.29 is 0 Å². The highest BCUT2D eigenvalue weighted by molar-refractivity contribution is 6.21. The van der Waals surface area contributed by atoms with Crippen molar-refractivity contribution >= 4 is 21.5 Å². The Labute approximate surface area is 460 Å². The molecule has 2 aliphatic carbocycles. The molecule has 0 aliphatic heterocycles. The van der Waals surface area contributed by atoms with E-state index in [-0.39, 0.29) is 0 Å². The van der Waals surface area contributed by atoms with E-state index >= 15 is 0 Å². The molecule has 370 valence electrons. The minimum atomic E-state index is 0.582. The van der Waals surface area contributed by atoms with Crippen molar-refractivity contribution in [1.29, 1.82) is 0 Å². The monoisotopic (exact) mass is 1020 g/mol. The molecule has 8 nitrogen and oxygen atoms in total. The first-order chi connectivity index (χ1) is 39.6. The van der Waals surface area contributed by atoms with Gasteiger partial charge in [0.05, 0.1) is 11.4 Å². The Morgan fingerprint density at radius 2 is 0.650 bits per heavy atom. The smallest absolute Gasteiger partial charge is 0.163 e. The van der Waals surface area contributed by atoms with Crippen LogP contribution in [-0.4, -0.2) is 39.9 Å². The fraction of sp³-hybridized carbons (Fsp3) is 0. The number of nitrogens with zero attached hydrogens (tertiary/aromatic N) is 8. The molecule has 80 heavy (non-hydrogen) atoms. The molecular formula is C72H42N8. The SMILES string of the molecule is c1ccc(-c2ccnc(-c3ccc4c(c3)-c3ccc(-c5cc(-c6cccc(-c7ccc8c(c7)-c7cc(-c9ncnc(-c%10ccccc%10)n9)cc9c(-c%10ncnc(-c%11ccccc%11)n%10)ccc-8c79)c6)ccn5)c5cccc-4c35)c2)cc1. The van der Waals surface area contributed by atoms with Crippen LogP contribution in [0.5, 0.6) is 0 Å². The van der Waals surface area contributed by atoms with Crippen molar-refractivity contribution in [3.8, 4) is 146 Å². The Kier molecular flexibility index (Phi) is 10.4. The summed E-state index contributed by atoms with van der Waals surface area (Å²) in [6.45, 7) is 0. The van der Waals surface area contributed by atoms with Crippen LogP contribution in [0.1, 0.15) is 0 Å². The van der Waals surface area contributed by atoms with E-state index in [0.717, 1.165) is 106 Å². The topological polar surface area (TPSA) is 103 Å². The maximum Gasteiger partial charge on any atom is 0.163 e. The van der Waals surface area contributed by atoms with Crippen LogP contribution < -0.4 is 0 Å². The molecule has 0 unspecified atom stereocenters. The molecule has 2 aliphatic rings. The first kappa shape index (κ1) is 45.3. The van der Waals surface area contributed by atoms with E-state index in [1.165, 1.54) is 38.6 Å². The van der Waals surface area contributed by atoms with Gasteiger partial charge < -0.3 is 0 Å². The fourth-order valence-corrected chi connectivity index (χ4v) is 12.0. The minimum Gasteiger partial charge on any atom is -0.256 e. The Balaban J connectivity index is 0.760. The molecule has 0 saturated heterocycles. The van der Waals surface area contributed by atoms with Gasteiger partial charge in [0, 0.05) is 45.8 Å². The van der Waals surface area contributed by atoms with Gasteiger partial charge in [0.15, 0.2) is 23.3 Å². The molecule has 4 aromatic heterocycles. The minimum absolute atomic E-state index is 0.582. The van der Waals surface area contributed by atoms with Crippen LogP contribution in [0, 0.1) is 0 Å². The Bertz CT molecular complexity index is 4830. The lowest BCUT2D eigenvalue weighted by molar-refractivity contribution is 1.06. The quantitative estimate of drug-likeness (QED) is 0.141. The zero-order chi connectivity index (χ0) is 52.7. The number of fused-ring (bicyclic) bond motifs is 6. The standard InChI is InChI=1S/C72H42N8/c1-4-12-43(13-5-1)49-30-32-73-65(39-49)51-23-25-53-56-20-11-21-57-55(26-27-59(67(56)57)61(53)36-51)66-40-50(31-33-74-66)47-19-10-18-46(34-47)48-22-24-54-58-28-29-60(72-78-42-76-70(80-72)45-16-8-3-9-17-45)63-37-52(38-64(68(58)63)62(54)35-48)71-77-41-75-69(79-71)44-14-6-2-7-15-44/h1-42H. The van der Waals surface area contributed by atoms with Crippen LogP contribution in [0.3, 0.4) is 0 Å². The summed E-state index contributed by atoms with van der Waals surface area (Å²) in [5, 5.41) is 4.58. The van der Waals surface area contributed by atoms with Crippen LogP contribution >= 0.6 is 0 Å². The Hall–Kier alpha value is -11.0. The molecule has 0 amide bonds. The van der Waals surface area contributed by atoms with Gasteiger partial charge in [0.2, 0.25) is 0 Å². The number of rotatable bonds is 9. The molecule has 0 fully saturated rings. The zero-order valence-corrected chi connectivity index (χ0v) is 42.8. The molecule has 0 atom stereocenters. The molecule has 16 rings (SSSR count). The fourth-order valence-electron chi connectivity index (χ4n) is 12.0. The molecule has 10 aromatic carbocycles. The second-order valence-corrected chi connectivity index (χ2v) is 20.3. The van der Waals surface area contributed by atoms with Gasteiger partial charge in [0.25, 0.3) is 0 Å². The van der Waals surface area contributed by atoms with Gasteiger partial charge in [-0.1, -0.05) is 170 Å². The summed E-state index contributed by atoms with van der Waals surface area (Å²) in [6, 6.07) is 81.5. The Morgan fingerprint density at radius 1 is 0.200 bits per heavy atom. The van der Waals surface area contributed by atoms with Crippen molar-refractivity contribution in [2.75, 3.05) is 0 Å². The highest BCUT2D eigenvalue weighted by atomic mass is 15.0. The number of hydrogen-bond donors (Lipinski definition) is 0. The predicted molar refractivity (Wildman–Crippen MR) is 322 cm³/mol. The number of pyridine rings is 2. The van der Waals surface area contributed by atoms with Gasteiger partial charge in [-0.2, -0.15) is 0 Å². The lowest BCUT2D eigenvalue weighted by Gasteiger charge is -2.12. The predicted octanol–water partition coefficient (Wildman–Crippen LogP) is 17.5. The normalized spacial score (nSPS) is 11.8. The highest BCUT2D eigenvalue weighted by Crippen LogP contribution is 2.53. The van der Waals surface area contributed by atoms with Gasteiger partial charge >= 0.3 is 0 Å². The highest BCUT2D eigenvalue weighted by Gasteiger charge is 2.28. The maximum atomic E-state index is 5.04. The van der Waals surface area contributed by atoms with Crippen LogP contribution in [-0.2, 0) is 0 Å². The van der Waals surface area contributed by atoms with Crippen molar-refractivity contribution in [2.24, 2.45) is 0 Å². The van der Waals surface area contributed by atoms with Gasteiger partial charge in [-0.25, -0.2) is 29.9 Å². The molecule has 0 N–H and O–H groups in total. The molecule has 8 heteroatoms. The van der Waals surface area contributed by atoms with E-state index in [1.54, 1.807) is 12.7 Å². The van der Waals surface area contributed by atoms with Crippen molar-refractivity contribution in [3.05, 3.63) is 256 Å². The van der Waals surface area contributed by atoms with Gasteiger partial charge in [-0.3, -0.25) is 9.97 Å². The van der Waals surface area contributed by atoms with Crippen molar-refractivity contribution in [3.63, 3.8) is 0 Å². The molecular weight excluding hydrogens is 977 g/mol. The van der Waals surface area contributed by atoms with E-state index in [0.29, 0.717) is 23.3 Å². The average Bonchev–Trinajstić information content (AvgIpc) is 4.14. The largest absolute Gasteiger partial charge is 0.256 e. The van der Waals surface area contributed by atoms with E-state index in [9.17, 15) is 0 Å².